The maximum atomic E-state index is 14.1. The molecule has 3 aromatic carbocycles. The Labute approximate surface area is 257 Å². The molecule has 12 nitrogen and oxygen atoms in total. The summed E-state index contributed by atoms with van der Waals surface area (Å²) in [5.74, 6) is -1.52. The molecule has 0 heterocycles. The van der Waals surface area contributed by atoms with Crippen LogP contribution in [0.15, 0.2) is 72.8 Å². The average molecular weight is 651 g/mol. The maximum absolute atomic E-state index is 14.1. The van der Waals surface area contributed by atoms with Crippen LogP contribution in [0, 0.1) is 0 Å². The lowest BCUT2D eigenvalue weighted by atomic mass is 10.0. The summed E-state index contributed by atoms with van der Waals surface area (Å²) in [6.45, 7) is 0.239. The van der Waals surface area contributed by atoms with Gasteiger partial charge in [-0.1, -0.05) is 60.7 Å². The number of rotatable bonds is 15. The Morgan fingerprint density at radius 2 is 1.62 bits per heavy atom. The summed E-state index contributed by atoms with van der Waals surface area (Å²) in [4.78, 5) is 55.5. The number of nitrogens with one attached hydrogen (secondary N) is 2. The molecule has 0 aliphatic rings. The largest absolute Gasteiger partial charge is 0.507 e. The highest BCUT2D eigenvalue weighted by Crippen LogP contribution is 2.59. The molecular formula is C30H33F2N2O10P. The molecule has 0 bridgehead atoms. The monoisotopic (exact) mass is 650 g/mol. The van der Waals surface area contributed by atoms with Crippen LogP contribution >= 0.6 is 7.60 Å². The molecule has 0 aliphatic carbocycles. The molecule has 3 aromatic rings. The number of hydrogen-bond donors (Lipinski definition) is 5. The highest BCUT2D eigenvalue weighted by Gasteiger charge is 2.50. The number of alkyl halides is 2. The normalized spacial score (nSPS) is 12.1. The van der Waals surface area contributed by atoms with Crippen molar-refractivity contribution in [2.45, 2.75) is 37.6 Å². The number of amides is 2. The molecule has 0 fully saturated rings. The molecule has 2 amide bonds. The molecule has 15 heteroatoms. The van der Waals surface area contributed by atoms with Crippen molar-refractivity contribution in [3.63, 3.8) is 0 Å². The second-order valence-corrected chi connectivity index (χ2v) is 11.4. The van der Waals surface area contributed by atoms with Crippen molar-refractivity contribution in [2.24, 2.45) is 0 Å². The van der Waals surface area contributed by atoms with E-state index >= 15 is 0 Å². The van der Waals surface area contributed by atoms with Crippen molar-refractivity contribution >= 4 is 25.6 Å². The highest BCUT2D eigenvalue weighted by atomic mass is 31.2. The number of methoxy groups -OCH3 is 1. The van der Waals surface area contributed by atoms with Crippen LogP contribution in [0.1, 0.15) is 39.9 Å². The van der Waals surface area contributed by atoms with Crippen LogP contribution in [0.4, 0.5) is 13.6 Å². The molecule has 0 saturated heterocycles. The van der Waals surface area contributed by atoms with Gasteiger partial charge in [-0.25, -0.2) is 9.59 Å². The molecule has 0 unspecified atom stereocenters. The Balaban J connectivity index is 1.59. The van der Waals surface area contributed by atoms with E-state index in [4.69, 9.17) is 19.3 Å². The van der Waals surface area contributed by atoms with E-state index in [2.05, 4.69) is 15.4 Å². The first-order valence-corrected chi connectivity index (χ1v) is 15.3. The van der Waals surface area contributed by atoms with Crippen molar-refractivity contribution in [3.05, 3.63) is 95.1 Å². The molecule has 0 saturated carbocycles. The predicted molar refractivity (Wildman–Crippen MR) is 157 cm³/mol. The van der Waals surface area contributed by atoms with E-state index in [0.29, 0.717) is 24.0 Å². The molecule has 0 aliphatic heterocycles. The number of esters is 1. The second-order valence-electron chi connectivity index (χ2n) is 9.73. The van der Waals surface area contributed by atoms with E-state index in [1.54, 1.807) is 30.3 Å². The molecule has 3 rings (SSSR count). The number of phenols is 1. The summed E-state index contributed by atoms with van der Waals surface area (Å²) in [5, 5.41) is 15.1. The lowest BCUT2D eigenvalue weighted by Crippen LogP contribution is -2.48. The Hall–Kier alpha value is -4.52. The number of phenolic OH excluding ortho intramolecular Hbond substituents is 1. The van der Waals surface area contributed by atoms with Crippen LogP contribution in [-0.2, 0) is 37.5 Å². The lowest BCUT2D eigenvalue weighted by Gasteiger charge is -2.20. The van der Waals surface area contributed by atoms with Gasteiger partial charge in [0.15, 0.2) is 0 Å². The molecule has 5 N–H and O–H groups in total. The van der Waals surface area contributed by atoms with E-state index in [1.807, 2.05) is 0 Å². The van der Waals surface area contributed by atoms with Gasteiger partial charge < -0.3 is 39.7 Å². The van der Waals surface area contributed by atoms with Gasteiger partial charge in [0, 0.05) is 18.5 Å². The number of carbonyl (C=O) groups is 3. The zero-order valence-electron chi connectivity index (χ0n) is 24.2. The number of halogens is 2. The fraction of sp³-hybridized carbons (Fsp3) is 0.300. The molecule has 1 atom stereocenters. The van der Waals surface area contributed by atoms with Gasteiger partial charge in [0.25, 0.3) is 0 Å². The molecular weight excluding hydrogens is 617 g/mol. The summed E-state index contributed by atoms with van der Waals surface area (Å²) in [6.07, 6.45) is -0.187. The summed E-state index contributed by atoms with van der Waals surface area (Å²) in [6, 6.07) is 16.0. The van der Waals surface area contributed by atoms with Crippen molar-refractivity contribution < 1.29 is 56.8 Å². The fourth-order valence-electron chi connectivity index (χ4n) is 4.05. The van der Waals surface area contributed by atoms with Gasteiger partial charge in [-0.05, 0) is 36.1 Å². The molecule has 242 valence electrons. The summed E-state index contributed by atoms with van der Waals surface area (Å²) < 4.78 is 54.8. The number of benzene rings is 3. The van der Waals surface area contributed by atoms with Crippen LogP contribution < -0.4 is 15.4 Å². The third-order valence-corrected chi connectivity index (χ3v) is 7.44. The first kappa shape index (κ1) is 35.0. The van der Waals surface area contributed by atoms with Gasteiger partial charge in [-0.2, -0.15) is 8.78 Å². The highest BCUT2D eigenvalue weighted by molar-refractivity contribution is 7.52. The third-order valence-electron chi connectivity index (χ3n) is 6.45. The SMILES string of the molecule is COC(=O)c1c(O)cccc1OCCCCNC(=O)[C@H](Cc1ccc(C(F)(F)P(=O)(O)O)cc1)NC(=O)OCc1ccccc1. The summed E-state index contributed by atoms with van der Waals surface area (Å²) in [5.41, 5.74) is -4.37. The van der Waals surface area contributed by atoms with Crippen LogP contribution in [0.5, 0.6) is 11.5 Å². The number of aromatic hydroxyl groups is 1. The zero-order valence-corrected chi connectivity index (χ0v) is 25.0. The predicted octanol–water partition coefficient (Wildman–Crippen LogP) is 4.22. The minimum Gasteiger partial charge on any atom is -0.507 e. The van der Waals surface area contributed by atoms with Crippen LogP contribution in [0.25, 0.3) is 0 Å². The zero-order chi connectivity index (χ0) is 33.0. The number of hydrogen-bond acceptors (Lipinski definition) is 8. The van der Waals surface area contributed by atoms with E-state index in [9.17, 15) is 32.8 Å². The number of alkyl carbamates (subject to hydrolysis) is 1. The van der Waals surface area contributed by atoms with Crippen molar-refractivity contribution in [3.8, 4) is 11.5 Å². The first-order chi connectivity index (χ1) is 21.3. The second kappa shape index (κ2) is 16.0. The number of unbranched alkanes of at least 4 members (excludes halogenated alkanes) is 1. The quantitative estimate of drug-likeness (QED) is 0.0908. The molecule has 45 heavy (non-hydrogen) atoms. The minimum atomic E-state index is -5.76. The Bertz CT molecular complexity index is 1500. The summed E-state index contributed by atoms with van der Waals surface area (Å²) >= 11 is 0. The Morgan fingerprint density at radius 1 is 0.933 bits per heavy atom. The molecule has 0 radical (unpaired) electrons. The molecule has 0 spiro atoms. The minimum absolute atomic E-state index is 0.0654. The van der Waals surface area contributed by atoms with E-state index in [-0.39, 0.29) is 43.2 Å². The van der Waals surface area contributed by atoms with Crippen molar-refractivity contribution in [1.29, 1.82) is 0 Å². The van der Waals surface area contributed by atoms with E-state index < -0.39 is 42.8 Å². The molecule has 0 aromatic heterocycles. The fourth-order valence-corrected chi connectivity index (χ4v) is 4.54. The Kier molecular flexibility index (Phi) is 12.4. The van der Waals surface area contributed by atoms with E-state index in [0.717, 1.165) is 12.1 Å². The van der Waals surface area contributed by atoms with Gasteiger partial charge in [0.05, 0.1) is 13.7 Å². The van der Waals surface area contributed by atoms with E-state index in [1.165, 1.54) is 37.4 Å². The number of ether oxygens (including phenoxy) is 3. The van der Waals surface area contributed by atoms with Crippen LogP contribution in [0.2, 0.25) is 0 Å². The van der Waals surface area contributed by atoms with Crippen LogP contribution in [0.3, 0.4) is 0 Å². The van der Waals surface area contributed by atoms with Gasteiger partial charge >= 0.3 is 25.3 Å². The topological polar surface area (TPSA) is 181 Å². The maximum Gasteiger partial charge on any atom is 0.408 e. The Morgan fingerprint density at radius 3 is 2.27 bits per heavy atom. The van der Waals surface area contributed by atoms with Gasteiger partial charge in [0.2, 0.25) is 5.91 Å². The van der Waals surface area contributed by atoms with Gasteiger partial charge in [0.1, 0.15) is 29.7 Å². The van der Waals surface area contributed by atoms with Gasteiger partial charge in [-0.3, -0.25) is 9.36 Å². The average Bonchev–Trinajstić information content (AvgIpc) is 3.01. The first-order valence-electron chi connectivity index (χ1n) is 13.6. The smallest absolute Gasteiger partial charge is 0.408 e. The van der Waals surface area contributed by atoms with Crippen molar-refractivity contribution in [2.75, 3.05) is 20.3 Å². The number of carbonyl (C=O) groups excluding carboxylic acids is 3. The standard InChI is InChI=1S/C30H33F2N2O10P/c1-42-28(37)26-24(35)10-7-11-25(26)43-17-6-5-16-33-27(36)23(34-29(38)44-19-21-8-3-2-4-9-21)18-20-12-14-22(15-13-20)30(31,32)45(39,40)41/h2-4,7-15,23,35H,5-6,16-19H2,1H3,(H,33,36)(H,34,38)(H2,39,40,41)/t23-/m0/s1. The van der Waals surface area contributed by atoms with Crippen LogP contribution in [-0.4, -0.2) is 59.2 Å². The lowest BCUT2D eigenvalue weighted by molar-refractivity contribution is -0.123. The third kappa shape index (κ3) is 10.00. The van der Waals surface area contributed by atoms with Gasteiger partial charge in [-0.15, -0.1) is 0 Å². The summed E-state index contributed by atoms with van der Waals surface area (Å²) in [7, 11) is -4.59. The van der Waals surface area contributed by atoms with Crippen molar-refractivity contribution in [1.82, 2.24) is 10.6 Å².